The zero-order valence-electron chi connectivity index (χ0n) is 15.4. The molecule has 0 bridgehead atoms. The fourth-order valence-electron chi connectivity index (χ4n) is 2.82. The van der Waals surface area contributed by atoms with Crippen molar-refractivity contribution in [3.8, 4) is 29.0 Å². The van der Waals surface area contributed by atoms with Crippen LogP contribution in [0.2, 0.25) is 0 Å². The number of nitrogens with zero attached hydrogens (tertiary/aromatic N) is 4. The summed E-state index contributed by atoms with van der Waals surface area (Å²) in [7, 11) is 0. The minimum atomic E-state index is 0.252. The number of aromatic nitrogens is 3. The van der Waals surface area contributed by atoms with E-state index in [0.29, 0.717) is 18.2 Å². The van der Waals surface area contributed by atoms with Gasteiger partial charge in [-0.15, -0.1) is 5.10 Å². The van der Waals surface area contributed by atoms with E-state index < -0.39 is 0 Å². The third-order valence-electron chi connectivity index (χ3n) is 4.29. The fourth-order valence-corrected chi connectivity index (χ4v) is 2.82. The molecule has 1 aliphatic rings. The standard InChI is InChI=1S/C21H20N4O3/c1-2-6-19(27-15-12-25-10-13-26-14-11-25)18(5-1)21-24-23-20(28-21)8-7-17-4-3-9-22-16-17/h1-6,9,16H,10-15H2. The number of pyridine rings is 1. The summed E-state index contributed by atoms with van der Waals surface area (Å²) in [6.45, 7) is 4.87. The summed E-state index contributed by atoms with van der Waals surface area (Å²) in [6, 6.07) is 11.3. The van der Waals surface area contributed by atoms with Crippen LogP contribution in [0.3, 0.4) is 0 Å². The Balaban J connectivity index is 1.43. The quantitative estimate of drug-likeness (QED) is 0.632. The molecule has 3 aromatic rings. The van der Waals surface area contributed by atoms with E-state index in [0.717, 1.165) is 44.0 Å². The van der Waals surface area contributed by atoms with Gasteiger partial charge in [-0.3, -0.25) is 9.88 Å². The zero-order chi connectivity index (χ0) is 19.0. The first-order chi connectivity index (χ1) is 13.9. The molecule has 7 heteroatoms. The Hall–Kier alpha value is -3.21. The highest BCUT2D eigenvalue weighted by Gasteiger charge is 2.14. The predicted octanol–water partition coefficient (Wildman–Crippen LogP) is 2.24. The topological polar surface area (TPSA) is 73.5 Å². The molecular weight excluding hydrogens is 356 g/mol. The first kappa shape index (κ1) is 18.2. The summed E-state index contributed by atoms with van der Waals surface area (Å²) < 4.78 is 17.1. The van der Waals surface area contributed by atoms with E-state index in [9.17, 15) is 0 Å². The van der Waals surface area contributed by atoms with Crippen LogP contribution in [0.4, 0.5) is 0 Å². The minimum absolute atomic E-state index is 0.252. The highest BCUT2D eigenvalue weighted by Crippen LogP contribution is 2.28. The summed E-state index contributed by atoms with van der Waals surface area (Å²) in [4.78, 5) is 6.35. The molecule has 4 rings (SSSR count). The maximum absolute atomic E-state index is 5.98. The monoisotopic (exact) mass is 376 g/mol. The summed E-state index contributed by atoms with van der Waals surface area (Å²) >= 11 is 0. The largest absolute Gasteiger partial charge is 0.491 e. The molecule has 28 heavy (non-hydrogen) atoms. The predicted molar refractivity (Wildman–Crippen MR) is 103 cm³/mol. The van der Waals surface area contributed by atoms with E-state index in [2.05, 4.69) is 31.9 Å². The Labute approximate surface area is 163 Å². The number of hydrogen-bond acceptors (Lipinski definition) is 7. The van der Waals surface area contributed by atoms with Gasteiger partial charge in [0.15, 0.2) is 0 Å². The van der Waals surface area contributed by atoms with E-state index in [1.807, 2.05) is 36.4 Å². The molecule has 0 amide bonds. The molecule has 0 aliphatic carbocycles. The Morgan fingerprint density at radius 2 is 1.93 bits per heavy atom. The Morgan fingerprint density at radius 3 is 2.79 bits per heavy atom. The van der Waals surface area contributed by atoms with E-state index in [-0.39, 0.29) is 5.89 Å². The average molecular weight is 376 g/mol. The Morgan fingerprint density at radius 1 is 1.04 bits per heavy atom. The molecule has 1 aliphatic heterocycles. The Kier molecular flexibility index (Phi) is 5.92. The van der Waals surface area contributed by atoms with Gasteiger partial charge in [-0.05, 0) is 30.2 Å². The van der Waals surface area contributed by atoms with Crippen LogP contribution in [0, 0.1) is 11.8 Å². The number of hydrogen-bond donors (Lipinski definition) is 0. The molecular formula is C21H20N4O3. The lowest BCUT2D eigenvalue weighted by Crippen LogP contribution is -2.38. The second kappa shape index (κ2) is 9.13. The van der Waals surface area contributed by atoms with Crippen molar-refractivity contribution in [3.63, 3.8) is 0 Å². The van der Waals surface area contributed by atoms with Gasteiger partial charge in [-0.2, -0.15) is 0 Å². The van der Waals surface area contributed by atoms with Crippen LogP contribution in [0.1, 0.15) is 11.5 Å². The molecule has 0 spiro atoms. The zero-order valence-corrected chi connectivity index (χ0v) is 15.4. The van der Waals surface area contributed by atoms with Gasteiger partial charge in [-0.25, -0.2) is 0 Å². The van der Waals surface area contributed by atoms with Crippen LogP contribution in [-0.2, 0) is 4.74 Å². The maximum atomic E-state index is 5.98. The number of benzene rings is 1. The van der Waals surface area contributed by atoms with Crippen molar-refractivity contribution >= 4 is 0 Å². The molecule has 0 unspecified atom stereocenters. The summed E-state index contributed by atoms with van der Waals surface area (Å²) in [5.74, 6) is 7.17. The first-order valence-corrected chi connectivity index (χ1v) is 9.16. The van der Waals surface area contributed by atoms with Crippen molar-refractivity contribution in [2.24, 2.45) is 0 Å². The number of morpholine rings is 1. The first-order valence-electron chi connectivity index (χ1n) is 9.16. The van der Waals surface area contributed by atoms with Crippen LogP contribution in [-0.4, -0.2) is 59.5 Å². The fraction of sp³-hybridized carbons (Fsp3) is 0.286. The molecule has 0 atom stereocenters. The summed E-state index contributed by atoms with van der Waals surface area (Å²) in [5, 5.41) is 8.13. The molecule has 1 fully saturated rings. The van der Waals surface area contributed by atoms with E-state index in [1.165, 1.54) is 0 Å². The molecule has 7 nitrogen and oxygen atoms in total. The second-order valence-corrected chi connectivity index (χ2v) is 6.20. The molecule has 1 saturated heterocycles. The summed E-state index contributed by atoms with van der Waals surface area (Å²) in [6.07, 6.45) is 3.38. The minimum Gasteiger partial charge on any atom is -0.491 e. The van der Waals surface area contributed by atoms with Gasteiger partial charge >= 0.3 is 0 Å². The highest BCUT2D eigenvalue weighted by molar-refractivity contribution is 5.62. The molecule has 0 radical (unpaired) electrons. The number of para-hydroxylation sites is 1. The number of ether oxygens (including phenoxy) is 2. The lowest BCUT2D eigenvalue weighted by Gasteiger charge is -2.26. The van der Waals surface area contributed by atoms with Gasteiger partial charge in [-0.1, -0.05) is 23.2 Å². The van der Waals surface area contributed by atoms with Crippen molar-refractivity contribution in [2.45, 2.75) is 0 Å². The van der Waals surface area contributed by atoms with Gasteiger partial charge in [0, 0.05) is 37.6 Å². The van der Waals surface area contributed by atoms with Crippen LogP contribution in [0.15, 0.2) is 53.2 Å². The smallest absolute Gasteiger partial charge is 0.294 e. The second-order valence-electron chi connectivity index (χ2n) is 6.20. The van der Waals surface area contributed by atoms with Crippen molar-refractivity contribution in [3.05, 3.63) is 60.2 Å². The van der Waals surface area contributed by atoms with E-state index in [4.69, 9.17) is 13.9 Å². The maximum Gasteiger partial charge on any atom is 0.294 e. The van der Waals surface area contributed by atoms with E-state index >= 15 is 0 Å². The third-order valence-corrected chi connectivity index (χ3v) is 4.29. The molecule has 142 valence electrons. The van der Waals surface area contributed by atoms with Gasteiger partial charge in [0.2, 0.25) is 0 Å². The van der Waals surface area contributed by atoms with E-state index in [1.54, 1.807) is 12.4 Å². The van der Waals surface area contributed by atoms with Crippen LogP contribution < -0.4 is 4.74 Å². The molecule has 0 saturated carbocycles. The van der Waals surface area contributed by atoms with Crippen LogP contribution in [0.5, 0.6) is 5.75 Å². The van der Waals surface area contributed by atoms with Crippen LogP contribution in [0.25, 0.3) is 11.5 Å². The van der Waals surface area contributed by atoms with Gasteiger partial charge in [0.25, 0.3) is 11.8 Å². The third kappa shape index (κ3) is 4.74. The van der Waals surface area contributed by atoms with Gasteiger partial charge in [0.05, 0.1) is 18.8 Å². The van der Waals surface area contributed by atoms with Crippen molar-refractivity contribution in [1.29, 1.82) is 0 Å². The number of rotatable bonds is 5. The van der Waals surface area contributed by atoms with Gasteiger partial charge in [0.1, 0.15) is 12.4 Å². The lowest BCUT2D eigenvalue weighted by atomic mass is 10.2. The summed E-state index contributed by atoms with van der Waals surface area (Å²) in [5.41, 5.74) is 1.54. The molecule has 3 heterocycles. The molecule has 2 aromatic heterocycles. The molecule has 1 aromatic carbocycles. The SMILES string of the molecule is C(#Cc1nnc(-c2ccccc2OCCN2CCOCC2)o1)c1cccnc1. The van der Waals surface area contributed by atoms with Crippen molar-refractivity contribution in [2.75, 3.05) is 39.5 Å². The highest BCUT2D eigenvalue weighted by atomic mass is 16.5. The van der Waals surface area contributed by atoms with Crippen molar-refractivity contribution in [1.82, 2.24) is 20.1 Å². The average Bonchev–Trinajstić information content (AvgIpc) is 3.23. The lowest BCUT2D eigenvalue weighted by molar-refractivity contribution is 0.0323. The van der Waals surface area contributed by atoms with Crippen LogP contribution >= 0.6 is 0 Å². The van der Waals surface area contributed by atoms with Gasteiger partial charge < -0.3 is 13.9 Å². The molecule has 0 N–H and O–H groups in total. The van der Waals surface area contributed by atoms with Crippen molar-refractivity contribution < 1.29 is 13.9 Å². The normalized spacial score (nSPS) is 14.3. The Bertz CT molecular complexity index is 956.